The minimum atomic E-state index is -1.30. The predicted molar refractivity (Wildman–Crippen MR) is 118 cm³/mol. The zero-order valence-corrected chi connectivity index (χ0v) is 20.5. The number of ether oxygens (including phenoxy) is 2. The highest BCUT2D eigenvalue weighted by Crippen LogP contribution is 2.32. The molecule has 1 aliphatic carbocycles. The Morgan fingerprint density at radius 1 is 1.17 bits per heavy atom. The number of alkyl carbamates (subject to hydrolysis) is 1. The highest BCUT2D eigenvalue weighted by Gasteiger charge is 2.35. The van der Waals surface area contributed by atoms with Crippen LogP contribution in [-0.2, 0) is 9.47 Å². The van der Waals surface area contributed by atoms with Gasteiger partial charge in [-0.1, -0.05) is 38.9 Å². The molecule has 0 heterocycles. The third-order valence-corrected chi connectivity index (χ3v) is 6.90. The van der Waals surface area contributed by atoms with E-state index >= 15 is 0 Å². The lowest BCUT2D eigenvalue weighted by Gasteiger charge is -2.38. The van der Waals surface area contributed by atoms with Gasteiger partial charge in [-0.15, -0.1) is 0 Å². The number of amides is 2. The number of carbonyl (C=O) groups is 2. The Balaban J connectivity index is 2.74. The van der Waals surface area contributed by atoms with Crippen molar-refractivity contribution in [2.45, 2.75) is 102 Å². The topological polar surface area (TPSA) is 88.1 Å². The standard InChI is InChI=1S/C21H42N2O5Si/c1-20(2,3)28-18(24)22-16-17(15-21(26)11-9-8-10-12-21)23(4)19(25)27-13-14-29(5,6)7/h17,26H,8-16H2,1-7H3,(H,22,24). The van der Waals surface area contributed by atoms with Crippen molar-refractivity contribution >= 4 is 20.3 Å². The van der Waals surface area contributed by atoms with Crippen molar-refractivity contribution in [2.24, 2.45) is 0 Å². The van der Waals surface area contributed by atoms with Gasteiger partial charge in [0.1, 0.15) is 5.60 Å². The third kappa shape index (κ3) is 10.9. The van der Waals surface area contributed by atoms with E-state index in [1.807, 2.05) is 0 Å². The Labute approximate surface area is 177 Å². The van der Waals surface area contributed by atoms with Gasteiger partial charge in [0.25, 0.3) is 0 Å². The van der Waals surface area contributed by atoms with Crippen LogP contribution in [0.4, 0.5) is 9.59 Å². The summed E-state index contributed by atoms with van der Waals surface area (Å²) in [5.74, 6) is 0. The van der Waals surface area contributed by atoms with Gasteiger partial charge in [0.2, 0.25) is 0 Å². The molecule has 0 aromatic carbocycles. The van der Waals surface area contributed by atoms with Crippen molar-refractivity contribution in [3.8, 4) is 0 Å². The number of aliphatic hydroxyl groups is 1. The molecular formula is C21H42N2O5Si. The second kappa shape index (κ2) is 10.7. The first-order valence-electron chi connectivity index (χ1n) is 10.8. The van der Waals surface area contributed by atoms with Crippen LogP contribution < -0.4 is 5.32 Å². The van der Waals surface area contributed by atoms with Gasteiger partial charge >= 0.3 is 12.2 Å². The average Bonchev–Trinajstić information content (AvgIpc) is 2.55. The fraction of sp³-hybridized carbons (Fsp3) is 0.905. The summed E-state index contributed by atoms with van der Waals surface area (Å²) >= 11 is 0. The molecule has 29 heavy (non-hydrogen) atoms. The highest BCUT2D eigenvalue weighted by molar-refractivity contribution is 6.76. The van der Waals surface area contributed by atoms with Crippen molar-refractivity contribution in [1.29, 1.82) is 0 Å². The van der Waals surface area contributed by atoms with E-state index in [1.165, 1.54) is 4.90 Å². The van der Waals surface area contributed by atoms with Crippen molar-refractivity contribution in [3.63, 3.8) is 0 Å². The summed E-state index contributed by atoms with van der Waals surface area (Å²) in [7, 11) is 0.376. The maximum absolute atomic E-state index is 12.6. The Hall–Kier alpha value is -1.28. The molecule has 2 amide bonds. The van der Waals surface area contributed by atoms with Gasteiger partial charge in [0, 0.05) is 21.7 Å². The summed E-state index contributed by atoms with van der Waals surface area (Å²) in [5, 5.41) is 13.7. The number of rotatable bonds is 8. The van der Waals surface area contributed by atoms with Crippen LogP contribution in [0.1, 0.15) is 59.3 Å². The molecule has 0 spiro atoms. The first-order chi connectivity index (χ1) is 13.2. The van der Waals surface area contributed by atoms with E-state index in [2.05, 4.69) is 25.0 Å². The van der Waals surface area contributed by atoms with Crippen LogP contribution >= 0.6 is 0 Å². The first-order valence-corrected chi connectivity index (χ1v) is 14.5. The van der Waals surface area contributed by atoms with Crippen LogP contribution in [-0.4, -0.2) is 67.7 Å². The molecule has 7 nitrogen and oxygen atoms in total. The van der Waals surface area contributed by atoms with Gasteiger partial charge < -0.3 is 24.8 Å². The van der Waals surface area contributed by atoms with Gasteiger partial charge in [-0.2, -0.15) is 0 Å². The highest BCUT2D eigenvalue weighted by atomic mass is 28.3. The lowest BCUT2D eigenvalue weighted by atomic mass is 9.80. The molecule has 1 saturated carbocycles. The molecule has 1 unspecified atom stereocenters. The molecular weight excluding hydrogens is 388 g/mol. The van der Waals surface area contributed by atoms with E-state index in [0.717, 1.165) is 25.3 Å². The van der Waals surface area contributed by atoms with Crippen molar-refractivity contribution in [2.75, 3.05) is 20.2 Å². The molecule has 0 bridgehead atoms. The lowest BCUT2D eigenvalue weighted by Crippen LogP contribution is -2.50. The van der Waals surface area contributed by atoms with Crippen LogP contribution in [0.15, 0.2) is 0 Å². The first kappa shape index (κ1) is 25.8. The molecule has 170 valence electrons. The van der Waals surface area contributed by atoms with Crippen molar-refractivity contribution in [1.82, 2.24) is 10.2 Å². The maximum Gasteiger partial charge on any atom is 0.409 e. The quantitative estimate of drug-likeness (QED) is 0.558. The summed E-state index contributed by atoms with van der Waals surface area (Å²) in [4.78, 5) is 26.2. The van der Waals surface area contributed by atoms with E-state index in [-0.39, 0.29) is 12.6 Å². The van der Waals surface area contributed by atoms with Gasteiger partial charge in [0.05, 0.1) is 18.2 Å². The number of hydrogen-bond donors (Lipinski definition) is 2. The van der Waals surface area contributed by atoms with Crippen LogP contribution in [0.5, 0.6) is 0 Å². The Kier molecular flexibility index (Phi) is 9.46. The van der Waals surface area contributed by atoms with E-state index in [9.17, 15) is 14.7 Å². The predicted octanol–water partition coefficient (Wildman–Crippen LogP) is 4.37. The summed E-state index contributed by atoms with van der Waals surface area (Å²) in [6, 6.07) is 0.530. The van der Waals surface area contributed by atoms with Crippen LogP contribution in [0.3, 0.4) is 0 Å². The van der Waals surface area contributed by atoms with Crippen molar-refractivity contribution in [3.05, 3.63) is 0 Å². The zero-order chi connectivity index (χ0) is 22.3. The van der Waals surface area contributed by atoms with Gasteiger partial charge in [-0.25, -0.2) is 9.59 Å². The molecule has 2 N–H and O–H groups in total. The molecule has 8 heteroatoms. The molecule has 0 aliphatic heterocycles. The summed E-state index contributed by atoms with van der Waals surface area (Å²) in [5.41, 5.74) is -1.41. The van der Waals surface area contributed by atoms with E-state index in [1.54, 1.807) is 27.8 Å². The van der Waals surface area contributed by atoms with E-state index in [0.29, 0.717) is 25.9 Å². The number of hydrogen-bond acceptors (Lipinski definition) is 5. The second-order valence-corrected chi connectivity index (χ2v) is 16.2. The summed E-state index contributed by atoms with van der Waals surface area (Å²) in [6.45, 7) is 12.7. The molecule has 0 aromatic heterocycles. The average molecular weight is 431 g/mol. The number of carbonyl (C=O) groups excluding carboxylic acids is 2. The zero-order valence-electron chi connectivity index (χ0n) is 19.5. The SMILES string of the molecule is CN(C(=O)OCC[Si](C)(C)C)C(CNC(=O)OC(C)(C)C)CC1(O)CCCCC1. The van der Waals surface area contributed by atoms with Crippen LogP contribution in [0.2, 0.25) is 25.7 Å². The molecule has 0 aromatic rings. The van der Waals surface area contributed by atoms with Gasteiger partial charge in [0.15, 0.2) is 0 Å². The Bertz CT molecular complexity index is 536. The van der Waals surface area contributed by atoms with E-state index in [4.69, 9.17) is 9.47 Å². The number of likely N-dealkylation sites (N-methyl/N-ethyl adjacent to an activating group) is 1. The molecule has 0 saturated heterocycles. The van der Waals surface area contributed by atoms with Crippen molar-refractivity contribution < 1.29 is 24.2 Å². The second-order valence-electron chi connectivity index (χ2n) is 10.6. The maximum atomic E-state index is 12.6. The monoisotopic (exact) mass is 430 g/mol. The molecule has 0 radical (unpaired) electrons. The van der Waals surface area contributed by atoms with Gasteiger partial charge in [-0.3, -0.25) is 0 Å². The fourth-order valence-corrected chi connectivity index (χ4v) is 4.12. The van der Waals surface area contributed by atoms with Crippen LogP contribution in [0.25, 0.3) is 0 Å². The normalized spacial score (nSPS) is 17.9. The molecule has 1 rings (SSSR count). The van der Waals surface area contributed by atoms with Crippen LogP contribution in [0, 0.1) is 0 Å². The Morgan fingerprint density at radius 3 is 2.28 bits per heavy atom. The molecule has 1 fully saturated rings. The molecule has 1 atom stereocenters. The smallest absolute Gasteiger partial charge is 0.409 e. The Morgan fingerprint density at radius 2 is 1.76 bits per heavy atom. The minimum Gasteiger partial charge on any atom is -0.450 e. The largest absolute Gasteiger partial charge is 0.450 e. The third-order valence-electron chi connectivity index (χ3n) is 5.19. The van der Waals surface area contributed by atoms with E-state index < -0.39 is 31.5 Å². The lowest BCUT2D eigenvalue weighted by molar-refractivity contribution is -0.0243. The van der Waals surface area contributed by atoms with Gasteiger partial charge in [-0.05, 0) is 46.1 Å². The summed E-state index contributed by atoms with van der Waals surface area (Å²) in [6.07, 6.45) is 3.97. The fourth-order valence-electron chi connectivity index (χ4n) is 3.41. The number of nitrogens with zero attached hydrogens (tertiary/aromatic N) is 1. The number of nitrogens with one attached hydrogen (secondary N) is 1. The summed E-state index contributed by atoms with van der Waals surface area (Å²) < 4.78 is 10.8. The molecule has 1 aliphatic rings. The minimum absolute atomic E-state index is 0.205.